The summed E-state index contributed by atoms with van der Waals surface area (Å²) in [6, 6.07) is 0. The third-order valence-corrected chi connectivity index (χ3v) is 1.61. The summed E-state index contributed by atoms with van der Waals surface area (Å²) in [5, 5.41) is 2.23. The first-order valence-electron chi connectivity index (χ1n) is 3.75. The zero-order chi connectivity index (χ0) is 11.0. The van der Waals surface area contributed by atoms with E-state index < -0.39 is 6.09 Å². The van der Waals surface area contributed by atoms with Gasteiger partial charge in [-0.25, -0.2) is 4.79 Å². The Hall–Kier alpha value is -1.24. The van der Waals surface area contributed by atoms with Crippen molar-refractivity contribution in [1.82, 2.24) is 5.32 Å². The normalized spacial score (nSPS) is 10.6. The van der Waals surface area contributed by atoms with Crippen LogP contribution in [0.5, 0.6) is 0 Å². The van der Waals surface area contributed by atoms with Crippen molar-refractivity contribution in [2.45, 2.75) is 13.8 Å². The van der Waals surface area contributed by atoms with E-state index in [1.165, 1.54) is 14.0 Å². The SMILES string of the molecule is CO/C(C)=N/SOC(=O)NCC(C)=O. The lowest BCUT2D eigenvalue weighted by Gasteiger charge is -2.00. The van der Waals surface area contributed by atoms with Crippen molar-refractivity contribution in [2.24, 2.45) is 4.40 Å². The van der Waals surface area contributed by atoms with E-state index in [1.54, 1.807) is 6.92 Å². The molecule has 0 aromatic rings. The number of carbonyl (C=O) groups excluding carboxylic acids is 2. The summed E-state index contributed by atoms with van der Waals surface area (Å²) in [5.74, 6) is 0.234. The molecule has 14 heavy (non-hydrogen) atoms. The molecule has 0 spiro atoms. The molecule has 0 saturated carbocycles. The maximum Gasteiger partial charge on any atom is 0.421 e. The molecule has 0 aliphatic rings. The van der Waals surface area contributed by atoms with Gasteiger partial charge in [-0.2, -0.15) is 0 Å². The first-order chi connectivity index (χ1) is 6.56. The van der Waals surface area contributed by atoms with Crippen LogP contribution >= 0.6 is 12.2 Å². The molecule has 80 valence electrons. The number of rotatable bonds is 4. The van der Waals surface area contributed by atoms with Crippen LogP contribution in [-0.4, -0.2) is 31.4 Å². The predicted octanol–water partition coefficient (Wildman–Crippen LogP) is 0.930. The second kappa shape index (κ2) is 7.19. The molecule has 0 aliphatic carbocycles. The van der Waals surface area contributed by atoms with Crippen LogP contribution in [0, 0.1) is 0 Å². The fourth-order valence-electron chi connectivity index (χ4n) is 0.368. The third-order valence-electron chi connectivity index (χ3n) is 1.06. The summed E-state index contributed by atoms with van der Waals surface area (Å²) in [4.78, 5) is 21.3. The Labute approximate surface area is 86.4 Å². The van der Waals surface area contributed by atoms with Crippen LogP contribution < -0.4 is 5.32 Å². The molecule has 0 aromatic heterocycles. The number of Topliss-reactive ketones (excluding diaryl/α,β-unsaturated/α-hetero) is 1. The quantitative estimate of drug-likeness (QED) is 0.330. The summed E-state index contributed by atoms with van der Waals surface area (Å²) in [7, 11) is 1.45. The predicted molar refractivity (Wildman–Crippen MR) is 52.9 cm³/mol. The zero-order valence-corrected chi connectivity index (χ0v) is 9.01. The fourth-order valence-corrected chi connectivity index (χ4v) is 0.712. The summed E-state index contributed by atoms with van der Waals surface area (Å²) in [6.45, 7) is 2.93. The van der Waals surface area contributed by atoms with Gasteiger partial charge >= 0.3 is 6.09 Å². The van der Waals surface area contributed by atoms with E-state index in [-0.39, 0.29) is 12.3 Å². The summed E-state index contributed by atoms with van der Waals surface area (Å²) < 4.78 is 12.9. The van der Waals surface area contributed by atoms with E-state index in [9.17, 15) is 9.59 Å². The summed E-state index contributed by atoms with van der Waals surface area (Å²) in [6.07, 6.45) is -0.710. The van der Waals surface area contributed by atoms with Gasteiger partial charge in [0.25, 0.3) is 0 Å². The average Bonchev–Trinajstić information content (AvgIpc) is 2.14. The average molecular weight is 220 g/mol. The largest absolute Gasteiger partial charge is 0.484 e. The highest BCUT2D eigenvalue weighted by molar-refractivity contribution is 7.93. The molecular formula is C7H12N2O4S. The highest BCUT2D eigenvalue weighted by Gasteiger charge is 2.03. The smallest absolute Gasteiger partial charge is 0.421 e. The van der Waals surface area contributed by atoms with E-state index in [2.05, 4.69) is 13.9 Å². The molecule has 1 N–H and O–H groups in total. The molecule has 0 bridgehead atoms. The van der Waals surface area contributed by atoms with Gasteiger partial charge in [0.15, 0.2) is 5.90 Å². The molecule has 0 heterocycles. The van der Waals surface area contributed by atoms with Gasteiger partial charge < -0.3 is 14.2 Å². The Morgan fingerprint density at radius 2 is 2.07 bits per heavy atom. The lowest BCUT2D eigenvalue weighted by Crippen LogP contribution is -2.27. The highest BCUT2D eigenvalue weighted by Crippen LogP contribution is 2.04. The molecular weight excluding hydrogens is 208 g/mol. The zero-order valence-electron chi connectivity index (χ0n) is 8.20. The molecule has 0 rings (SSSR count). The van der Waals surface area contributed by atoms with Crippen LogP contribution in [0.1, 0.15) is 13.8 Å². The van der Waals surface area contributed by atoms with Crippen molar-refractivity contribution in [3.63, 3.8) is 0 Å². The molecule has 0 fully saturated rings. The van der Waals surface area contributed by atoms with E-state index >= 15 is 0 Å². The van der Waals surface area contributed by atoms with E-state index in [0.717, 1.165) is 0 Å². The minimum atomic E-state index is -0.710. The highest BCUT2D eigenvalue weighted by atomic mass is 32.2. The van der Waals surface area contributed by atoms with Crippen molar-refractivity contribution in [3.05, 3.63) is 0 Å². The van der Waals surface area contributed by atoms with Crippen molar-refractivity contribution < 1.29 is 18.5 Å². The monoisotopic (exact) mass is 220 g/mol. The van der Waals surface area contributed by atoms with Crippen LogP contribution in [0.15, 0.2) is 4.40 Å². The maximum atomic E-state index is 10.8. The van der Waals surface area contributed by atoms with Gasteiger partial charge in [0.05, 0.1) is 13.7 Å². The second-order valence-corrected chi connectivity index (χ2v) is 2.81. The number of ether oxygens (including phenoxy) is 1. The molecule has 7 heteroatoms. The number of carbonyl (C=O) groups is 2. The number of nitrogens with one attached hydrogen (secondary N) is 1. The van der Waals surface area contributed by atoms with Gasteiger partial charge in [0, 0.05) is 6.92 Å². The van der Waals surface area contributed by atoms with Crippen molar-refractivity contribution in [1.29, 1.82) is 0 Å². The van der Waals surface area contributed by atoms with Crippen LogP contribution in [0.3, 0.4) is 0 Å². The van der Waals surface area contributed by atoms with Crippen molar-refractivity contribution >= 4 is 30.0 Å². The first kappa shape index (κ1) is 12.8. The fraction of sp³-hybridized carbons (Fsp3) is 0.571. The number of hydrogen-bond acceptors (Lipinski definition) is 6. The third kappa shape index (κ3) is 7.41. The Balaban J connectivity index is 3.59. The minimum absolute atomic E-state index is 0.0492. The van der Waals surface area contributed by atoms with Gasteiger partial charge in [0.2, 0.25) is 12.2 Å². The van der Waals surface area contributed by atoms with Crippen LogP contribution in [0.2, 0.25) is 0 Å². The van der Waals surface area contributed by atoms with Gasteiger partial charge in [0.1, 0.15) is 5.78 Å². The molecule has 0 aromatic carbocycles. The standard InChI is InChI=1S/C7H12N2O4S/c1-5(10)4-8-7(11)13-14-9-6(2)12-3/h4H2,1-3H3,(H,8,11)/b9-6+. The minimum Gasteiger partial charge on any atom is -0.484 e. The molecule has 0 radical (unpaired) electrons. The molecule has 1 amide bonds. The van der Waals surface area contributed by atoms with E-state index in [4.69, 9.17) is 4.74 Å². The number of hydrogen-bond donors (Lipinski definition) is 1. The Morgan fingerprint density at radius 3 is 2.57 bits per heavy atom. The molecule has 0 aliphatic heterocycles. The lowest BCUT2D eigenvalue weighted by atomic mass is 10.4. The van der Waals surface area contributed by atoms with Gasteiger partial charge in [-0.3, -0.25) is 4.79 Å². The van der Waals surface area contributed by atoms with E-state index in [1.807, 2.05) is 0 Å². The maximum absolute atomic E-state index is 10.8. The molecule has 6 nitrogen and oxygen atoms in total. The van der Waals surface area contributed by atoms with Crippen LogP contribution in [0.25, 0.3) is 0 Å². The molecule has 0 unspecified atom stereocenters. The number of amides is 1. The van der Waals surface area contributed by atoms with Crippen molar-refractivity contribution in [2.75, 3.05) is 13.7 Å². The lowest BCUT2D eigenvalue weighted by molar-refractivity contribution is -0.116. The van der Waals surface area contributed by atoms with Crippen LogP contribution in [0.4, 0.5) is 4.79 Å². The number of nitrogens with zero attached hydrogens (tertiary/aromatic N) is 1. The van der Waals surface area contributed by atoms with Gasteiger partial charge in [-0.05, 0) is 6.92 Å². The van der Waals surface area contributed by atoms with E-state index in [0.29, 0.717) is 18.1 Å². The Kier molecular flexibility index (Phi) is 6.55. The summed E-state index contributed by atoms with van der Waals surface area (Å²) >= 11 is 0.585. The Bertz CT molecular complexity index is 242. The van der Waals surface area contributed by atoms with Crippen molar-refractivity contribution in [3.8, 4) is 0 Å². The molecule has 0 saturated heterocycles. The summed E-state index contributed by atoms with van der Waals surface area (Å²) in [5.41, 5.74) is 0. The topological polar surface area (TPSA) is 77.0 Å². The van der Waals surface area contributed by atoms with Gasteiger partial charge in [-0.1, -0.05) is 0 Å². The first-order valence-corrected chi connectivity index (χ1v) is 4.45. The van der Waals surface area contributed by atoms with Gasteiger partial charge in [-0.15, -0.1) is 4.40 Å². The second-order valence-electron chi connectivity index (χ2n) is 2.32. The molecule has 0 atom stereocenters. The number of methoxy groups -OCH3 is 1. The Morgan fingerprint density at radius 1 is 1.43 bits per heavy atom. The number of ketones is 1. The van der Waals surface area contributed by atoms with Crippen LogP contribution in [-0.2, 0) is 13.7 Å².